The van der Waals surface area contributed by atoms with E-state index in [1.165, 1.54) is 4.68 Å². The molecule has 1 amide bonds. The number of benzene rings is 1. The van der Waals surface area contributed by atoms with Crippen LogP contribution in [0.15, 0.2) is 48.8 Å². The summed E-state index contributed by atoms with van der Waals surface area (Å²) in [6.07, 6.45) is 2.88. The van der Waals surface area contributed by atoms with Crippen molar-refractivity contribution in [2.24, 2.45) is 0 Å². The molecule has 1 unspecified atom stereocenters. The molecular weight excluding hydrogens is 398 g/mol. The highest BCUT2D eigenvalue weighted by atomic mass is 35.5. The van der Waals surface area contributed by atoms with Crippen molar-refractivity contribution in [1.82, 2.24) is 19.7 Å². The third kappa shape index (κ3) is 4.19. The first-order valence-corrected chi connectivity index (χ1v) is 9.88. The van der Waals surface area contributed by atoms with Crippen LogP contribution in [0.4, 0.5) is 8.78 Å². The van der Waals surface area contributed by atoms with E-state index in [0.717, 1.165) is 24.1 Å². The van der Waals surface area contributed by atoms with E-state index in [-0.39, 0.29) is 29.4 Å². The van der Waals surface area contributed by atoms with Gasteiger partial charge < -0.3 is 9.88 Å². The van der Waals surface area contributed by atoms with Crippen LogP contribution in [0.3, 0.4) is 0 Å². The molecule has 29 heavy (non-hydrogen) atoms. The Morgan fingerprint density at radius 1 is 1.28 bits per heavy atom. The minimum Gasteiger partial charge on any atom is -0.348 e. The number of carbonyl (C=O) groups is 1. The van der Waals surface area contributed by atoms with Crippen molar-refractivity contribution in [2.75, 3.05) is 0 Å². The summed E-state index contributed by atoms with van der Waals surface area (Å²) in [7, 11) is 0. The Balaban J connectivity index is 1.48. The van der Waals surface area contributed by atoms with Gasteiger partial charge >= 0.3 is 0 Å². The van der Waals surface area contributed by atoms with Crippen LogP contribution < -0.4 is 5.32 Å². The molecule has 2 aromatic heterocycles. The predicted octanol–water partition coefficient (Wildman–Crippen LogP) is 5.02. The second kappa shape index (κ2) is 7.99. The number of halogens is 3. The lowest BCUT2D eigenvalue weighted by Gasteiger charge is -2.16. The maximum atomic E-state index is 13.2. The molecule has 152 valence electrons. The molecule has 0 saturated heterocycles. The van der Waals surface area contributed by atoms with Crippen molar-refractivity contribution in [3.05, 3.63) is 70.8 Å². The predicted molar refractivity (Wildman–Crippen MR) is 106 cm³/mol. The molecule has 2 heterocycles. The van der Waals surface area contributed by atoms with Gasteiger partial charge in [0.1, 0.15) is 12.2 Å². The Labute approximate surface area is 172 Å². The van der Waals surface area contributed by atoms with Gasteiger partial charge in [0.2, 0.25) is 5.91 Å². The van der Waals surface area contributed by atoms with Crippen molar-refractivity contribution < 1.29 is 13.6 Å². The number of nitrogens with one attached hydrogen (secondary N) is 1. The summed E-state index contributed by atoms with van der Waals surface area (Å²) in [5.41, 5.74) is 2.02. The fraction of sp³-hybridized carbons (Fsp3) is 0.333. The lowest BCUT2D eigenvalue weighted by atomic mass is 10.1. The largest absolute Gasteiger partial charge is 0.348 e. The molecule has 1 atom stereocenters. The van der Waals surface area contributed by atoms with Crippen molar-refractivity contribution in [1.29, 1.82) is 0 Å². The SMILES string of the molecule is CC(NC(=O)Cn1nc(C(F)F)c(Cl)c1C1CC1)c1cccc(-n2cccc2)c1. The standard InChI is InChI=1S/C21H21ClF2N4O/c1-13(15-5-4-6-16(11-15)27-9-2-3-10-27)25-17(29)12-28-20(14-7-8-14)18(22)19(26-28)21(23)24/h2-6,9-11,13-14,21H,7-8,12H2,1H3,(H,25,29). The Kier molecular flexibility index (Phi) is 5.41. The number of amides is 1. The molecule has 1 aliphatic carbocycles. The summed E-state index contributed by atoms with van der Waals surface area (Å²) in [4.78, 5) is 12.6. The highest BCUT2D eigenvalue weighted by Crippen LogP contribution is 2.45. The van der Waals surface area contributed by atoms with Crippen LogP contribution >= 0.6 is 11.6 Å². The maximum absolute atomic E-state index is 13.2. The van der Waals surface area contributed by atoms with E-state index >= 15 is 0 Å². The number of alkyl halides is 2. The highest BCUT2D eigenvalue weighted by molar-refractivity contribution is 6.32. The van der Waals surface area contributed by atoms with Crippen LogP contribution in [-0.4, -0.2) is 20.3 Å². The monoisotopic (exact) mass is 418 g/mol. The smallest absolute Gasteiger partial charge is 0.283 e. The van der Waals surface area contributed by atoms with E-state index < -0.39 is 12.1 Å². The van der Waals surface area contributed by atoms with Gasteiger partial charge in [0.25, 0.3) is 6.43 Å². The van der Waals surface area contributed by atoms with E-state index in [1.807, 2.05) is 60.3 Å². The molecule has 1 fully saturated rings. The number of hydrogen-bond donors (Lipinski definition) is 1. The second-order valence-corrected chi connectivity index (χ2v) is 7.67. The topological polar surface area (TPSA) is 51.9 Å². The highest BCUT2D eigenvalue weighted by Gasteiger charge is 2.34. The second-order valence-electron chi connectivity index (χ2n) is 7.29. The minimum atomic E-state index is -2.76. The van der Waals surface area contributed by atoms with Gasteiger partial charge in [-0.2, -0.15) is 5.10 Å². The zero-order valence-electron chi connectivity index (χ0n) is 15.9. The molecule has 4 rings (SSSR count). The summed E-state index contributed by atoms with van der Waals surface area (Å²) in [5, 5.41) is 6.82. The Bertz CT molecular complexity index is 1010. The minimum absolute atomic E-state index is 0.0113. The first kappa shape index (κ1) is 19.6. The summed E-state index contributed by atoms with van der Waals surface area (Å²) in [6.45, 7) is 1.75. The Morgan fingerprint density at radius 2 is 2.00 bits per heavy atom. The van der Waals surface area contributed by atoms with E-state index in [0.29, 0.717) is 5.69 Å². The number of carbonyl (C=O) groups excluding carboxylic acids is 1. The van der Waals surface area contributed by atoms with Crippen molar-refractivity contribution in [3.8, 4) is 5.69 Å². The maximum Gasteiger partial charge on any atom is 0.283 e. The molecule has 8 heteroatoms. The lowest BCUT2D eigenvalue weighted by molar-refractivity contribution is -0.122. The first-order chi connectivity index (χ1) is 13.9. The number of rotatable bonds is 7. The van der Waals surface area contributed by atoms with Gasteiger partial charge in [-0.05, 0) is 49.6 Å². The lowest BCUT2D eigenvalue weighted by Crippen LogP contribution is -2.31. The van der Waals surface area contributed by atoms with Gasteiger partial charge in [0.05, 0.1) is 16.8 Å². The summed E-state index contributed by atoms with van der Waals surface area (Å²) < 4.78 is 29.6. The summed E-state index contributed by atoms with van der Waals surface area (Å²) >= 11 is 6.11. The van der Waals surface area contributed by atoms with Gasteiger partial charge in [-0.1, -0.05) is 23.7 Å². The molecule has 1 saturated carbocycles. The van der Waals surface area contributed by atoms with Crippen molar-refractivity contribution in [2.45, 2.75) is 44.7 Å². The molecule has 1 aliphatic rings. The van der Waals surface area contributed by atoms with Crippen LogP contribution in [0, 0.1) is 0 Å². The van der Waals surface area contributed by atoms with Crippen LogP contribution in [0.25, 0.3) is 5.69 Å². The third-order valence-corrected chi connectivity index (χ3v) is 5.46. The normalized spacial score (nSPS) is 14.9. The van der Waals surface area contributed by atoms with Gasteiger partial charge in [0, 0.05) is 24.0 Å². The van der Waals surface area contributed by atoms with Crippen LogP contribution in [0.5, 0.6) is 0 Å². The average Bonchev–Trinajstić information content (AvgIpc) is 3.25. The fourth-order valence-electron chi connectivity index (χ4n) is 3.45. The van der Waals surface area contributed by atoms with Crippen molar-refractivity contribution >= 4 is 17.5 Å². The zero-order valence-corrected chi connectivity index (χ0v) is 16.6. The van der Waals surface area contributed by atoms with Crippen LogP contribution in [-0.2, 0) is 11.3 Å². The molecule has 1 N–H and O–H groups in total. The summed E-state index contributed by atoms with van der Waals surface area (Å²) in [6, 6.07) is 11.5. The summed E-state index contributed by atoms with van der Waals surface area (Å²) in [5.74, 6) is -0.197. The fourth-order valence-corrected chi connectivity index (χ4v) is 3.82. The molecule has 0 radical (unpaired) electrons. The zero-order chi connectivity index (χ0) is 20.5. The number of nitrogens with zero attached hydrogens (tertiary/aromatic N) is 3. The molecular formula is C21H21ClF2N4O. The molecule has 1 aromatic carbocycles. The Morgan fingerprint density at radius 3 is 2.66 bits per heavy atom. The molecule has 5 nitrogen and oxygen atoms in total. The van der Waals surface area contributed by atoms with Gasteiger partial charge in [-0.3, -0.25) is 9.48 Å². The van der Waals surface area contributed by atoms with Gasteiger partial charge in [-0.15, -0.1) is 0 Å². The van der Waals surface area contributed by atoms with Crippen LogP contribution in [0.1, 0.15) is 55.1 Å². The van der Waals surface area contributed by atoms with Gasteiger partial charge in [0.15, 0.2) is 0 Å². The third-order valence-electron chi connectivity index (χ3n) is 5.07. The molecule has 0 aliphatic heterocycles. The average molecular weight is 419 g/mol. The van der Waals surface area contributed by atoms with E-state index in [9.17, 15) is 13.6 Å². The van der Waals surface area contributed by atoms with E-state index in [1.54, 1.807) is 0 Å². The Hall–Kier alpha value is -2.67. The number of aromatic nitrogens is 3. The van der Waals surface area contributed by atoms with Crippen LogP contribution in [0.2, 0.25) is 5.02 Å². The first-order valence-electron chi connectivity index (χ1n) is 9.51. The molecule has 3 aromatic rings. The molecule has 0 bridgehead atoms. The van der Waals surface area contributed by atoms with E-state index in [2.05, 4.69) is 10.4 Å². The van der Waals surface area contributed by atoms with Crippen molar-refractivity contribution in [3.63, 3.8) is 0 Å². The molecule has 0 spiro atoms. The van der Waals surface area contributed by atoms with Gasteiger partial charge in [-0.25, -0.2) is 8.78 Å². The number of hydrogen-bond acceptors (Lipinski definition) is 2. The van der Waals surface area contributed by atoms with E-state index in [4.69, 9.17) is 11.6 Å². The quantitative estimate of drug-likeness (QED) is 0.585.